The van der Waals surface area contributed by atoms with Crippen LogP contribution in [0.5, 0.6) is 0 Å². The maximum atomic E-state index is 6.13. The average molecular weight is 214 g/mol. The van der Waals surface area contributed by atoms with Gasteiger partial charge in [-0.15, -0.1) is 0 Å². The maximum absolute atomic E-state index is 6.13. The van der Waals surface area contributed by atoms with Crippen molar-refractivity contribution in [3.05, 3.63) is 0 Å². The highest BCUT2D eigenvalue weighted by atomic mass is 16.5. The Labute approximate surface area is 93.8 Å². The van der Waals surface area contributed by atoms with Crippen molar-refractivity contribution >= 4 is 0 Å². The highest BCUT2D eigenvalue weighted by Crippen LogP contribution is 2.25. The minimum Gasteiger partial charge on any atom is -0.377 e. The molecule has 0 amide bonds. The van der Waals surface area contributed by atoms with E-state index in [2.05, 4.69) is 39.9 Å². The van der Waals surface area contributed by atoms with Crippen molar-refractivity contribution in [2.45, 2.75) is 58.7 Å². The second-order valence-electron chi connectivity index (χ2n) is 6.03. The molecule has 15 heavy (non-hydrogen) atoms. The van der Waals surface area contributed by atoms with E-state index in [-0.39, 0.29) is 23.1 Å². The van der Waals surface area contributed by atoms with Crippen molar-refractivity contribution in [3.63, 3.8) is 0 Å². The van der Waals surface area contributed by atoms with E-state index >= 15 is 0 Å². The third-order valence-corrected chi connectivity index (χ3v) is 3.72. The van der Waals surface area contributed by atoms with Crippen molar-refractivity contribution in [1.82, 2.24) is 5.32 Å². The van der Waals surface area contributed by atoms with Crippen molar-refractivity contribution in [2.75, 3.05) is 13.2 Å². The van der Waals surface area contributed by atoms with Gasteiger partial charge in [-0.3, -0.25) is 0 Å². The van der Waals surface area contributed by atoms with E-state index in [1.165, 1.54) is 0 Å². The van der Waals surface area contributed by atoms with Gasteiger partial charge in [-0.25, -0.2) is 0 Å². The molecule has 1 saturated heterocycles. The Kier molecular flexibility index (Phi) is 3.80. The van der Waals surface area contributed by atoms with E-state index in [1.807, 2.05) is 0 Å². The van der Waals surface area contributed by atoms with Gasteiger partial charge in [0.25, 0.3) is 0 Å². The molecule has 0 bridgehead atoms. The Hall–Kier alpha value is -0.120. The zero-order valence-corrected chi connectivity index (χ0v) is 10.8. The van der Waals surface area contributed by atoms with Crippen LogP contribution >= 0.6 is 0 Å². The molecule has 1 aliphatic heterocycles. The first kappa shape index (κ1) is 12.9. The van der Waals surface area contributed by atoms with Gasteiger partial charge in [0.2, 0.25) is 0 Å². The summed E-state index contributed by atoms with van der Waals surface area (Å²) in [4.78, 5) is 0. The lowest BCUT2D eigenvalue weighted by atomic mass is 9.86. The van der Waals surface area contributed by atoms with Gasteiger partial charge in [-0.1, -0.05) is 20.8 Å². The summed E-state index contributed by atoms with van der Waals surface area (Å²) in [5, 5.41) is 3.56. The Balaban J connectivity index is 2.43. The van der Waals surface area contributed by atoms with Crippen molar-refractivity contribution in [3.8, 4) is 0 Å². The Morgan fingerprint density at radius 2 is 2.13 bits per heavy atom. The van der Waals surface area contributed by atoms with Crippen molar-refractivity contribution < 1.29 is 4.74 Å². The van der Waals surface area contributed by atoms with Crippen LogP contribution in [0.4, 0.5) is 0 Å². The Morgan fingerprint density at radius 1 is 1.53 bits per heavy atom. The zero-order chi connectivity index (χ0) is 11.7. The highest BCUT2D eigenvalue weighted by molar-refractivity contribution is 4.95. The molecule has 3 unspecified atom stereocenters. The molecule has 0 saturated carbocycles. The number of ether oxygens (including phenoxy) is 1. The molecule has 3 N–H and O–H groups in total. The average Bonchev–Trinajstić information content (AvgIpc) is 2.42. The molecule has 1 fully saturated rings. The number of hydrogen-bond acceptors (Lipinski definition) is 3. The fraction of sp³-hybridized carbons (Fsp3) is 1.00. The largest absolute Gasteiger partial charge is 0.377 e. The van der Waals surface area contributed by atoms with Gasteiger partial charge in [0.15, 0.2) is 0 Å². The minimum absolute atomic E-state index is 0.100. The Bertz CT molecular complexity index is 212. The molecule has 0 aromatic carbocycles. The van der Waals surface area contributed by atoms with Crippen molar-refractivity contribution in [1.29, 1.82) is 0 Å². The monoisotopic (exact) mass is 214 g/mol. The molecule has 0 aromatic rings. The predicted octanol–water partition coefficient (Wildman–Crippen LogP) is 1.52. The first-order chi connectivity index (χ1) is 6.76. The van der Waals surface area contributed by atoms with Crippen LogP contribution in [-0.4, -0.2) is 30.8 Å². The third-order valence-electron chi connectivity index (χ3n) is 3.72. The molecule has 0 spiro atoms. The molecule has 1 heterocycles. The molecule has 0 radical (unpaired) electrons. The fourth-order valence-electron chi connectivity index (χ4n) is 1.72. The van der Waals surface area contributed by atoms with Crippen LogP contribution in [0.25, 0.3) is 0 Å². The fourth-order valence-corrected chi connectivity index (χ4v) is 1.72. The Morgan fingerprint density at radius 3 is 2.53 bits per heavy atom. The van der Waals surface area contributed by atoms with Gasteiger partial charge in [-0.2, -0.15) is 0 Å². The number of nitrogens with two attached hydrogens (primary N) is 1. The van der Waals surface area contributed by atoms with Gasteiger partial charge >= 0.3 is 0 Å². The van der Waals surface area contributed by atoms with Crippen molar-refractivity contribution in [2.24, 2.45) is 11.1 Å². The van der Waals surface area contributed by atoms with Gasteiger partial charge in [0.05, 0.1) is 6.10 Å². The summed E-state index contributed by atoms with van der Waals surface area (Å²) in [5.74, 6) is 0. The summed E-state index contributed by atoms with van der Waals surface area (Å²) in [6.07, 6.45) is 1.36. The van der Waals surface area contributed by atoms with Crippen LogP contribution in [-0.2, 0) is 4.74 Å². The van der Waals surface area contributed by atoms with Gasteiger partial charge in [-0.05, 0) is 25.7 Å². The zero-order valence-electron chi connectivity index (χ0n) is 10.8. The van der Waals surface area contributed by atoms with Crippen LogP contribution in [0.15, 0.2) is 0 Å². The topological polar surface area (TPSA) is 47.3 Å². The molecular weight excluding hydrogens is 188 g/mol. The molecule has 1 aliphatic rings. The SMILES string of the molecule is CC1OCCC1(C)NCC(N)C(C)(C)C. The van der Waals surface area contributed by atoms with E-state index in [0.29, 0.717) is 0 Å². The lowest BCUT2D eigenvalue weighted by Crippen LogP contribution is -2.54. The number of hydrogen-bond donors (Lipinski definition) is 2. The van der Waals surface area contributed by atoms with E-state index in [9.17, 15) is 0 Å². The quantitative estimate of drug-likeness (QED) is 0.749. The van der Waals surface area contributed by atoms with Crippen LogP contribution < -0.4 is 11.1 Å². The lowest BCUT2D eigenvalue weighted by Gasteiger charge is -2.34. The third kappa shape index (κ3) is 3.16. The first-order valence-corrected chi connectivity index (χ1v) is 5.88. The minimum atomic E-state index is 0.100. The van der Waals surface area contributed by atoms with Crippen LogP contribution in [0.2, 0.25) is 0 Å². The first-order valence-electron chi connectivity index (χ1n) is 5.88. The maximum Gasteiger partial charge on any atom is 0.0726 e. The van der Waals surface area contributed by atoms with E-state index in [0.717, 1.165) is 19.6 Å². The van der Waals surface area contributed by atoms with Crippen LogP contribution in [0, 0.1) is 5.41 Å². The predicted molar refractivity (Wildman–Crippen MR) is 63.9 cm³/mol. The standard InChI is InChI=1S/C12H26N2O/c1-9-12(5,6-7-15-9)14-8-10(13)11(2,3)4/h9-10,14H,6-8,13H2,1-5H3. The normalized spacial score (nSPS) is 34.4. The molecule has 0 aliphatic carbocycles. The summed E-state index contributed by atoms with van der Waals surface area (Å²) < 4.78 is 5.58. The van der Waals surface area contributed by atoms with Gasteiger partial charge in [0.1, 0.15) is 0 Å². The second-order valence-corrected chi connectivity index (χ2v) is 6.03. The summed E-state index contributed by atoms with van der Waals surface area (Å²) in [7, 11) is 0. The molecule has 90 valence electrons. The van der Waals surface area contributed by atoms with Gasteiger partial charge < -0.3 is 15.8 Å². The van der Waals surface area contributed by atoms with Gasteiger partial charge in [0, 0.05) is 24.7 Å². The molecular formula is C12H26N2O. The number of nitrogens with one attached hydrogen (secondary N) is 1. The summed E-state index contributed by atoms with van der Waals surface area (Å²) in [5.41, 5.74) is 6.39. The summed E-state index contributed by atoms with van der Waals surface area (Å²) in [6.45, 7) is 12.6. The summed E-state index contributed by atoms with van der Waals surface area (Å²) in [6, 6.07) is 0.183. The van der Waals surface area contributed by atoms with E-state index < -0.39 is 0 Å². The molecule has 3 atom stereocenters. The highest BCUT2D eigenvalue weighted by Gasteiger charge is 2.37. The lowest BCUT2D eigenvalue weighted by molar-refractivity contribution is 0.0865. The van der Waals surface area contributed by atoms with E-state index in [4.69, 9.17) is 10.5 Å². The second kappa shape index (κ2) is 4.40. The molecule has 3 nitrogen and oxygen atoms in total. The number of rotatable bonds is 3. The van der Waals surface area contributed by atoms with Crippen LogP contribution in [0.3, 0.4) is 0 Å². The molecule has 1 rings (SSSR count). The van der Waals surface area contributed by atoms with E-state index in [1.54, 1.807) is 0 Å². The van der Waals surface area contributed by atoms with Crippen LogP contribution in [0.1, 0.15) is 41.0 Å². The summed E-state index contributed by atoms with van der Waals surface area (Å²) >= 11 is 0. The smallest absolute Gasteiger partial charge is 0.0726 e. The molecule has 3 heteroatoms. The molecule has 0 aromatic heterocycles.